The van der Waals surface area contributed by atoms with Crippen LogP contribution in [0.15, 0.2) is 48.5 Å². The first-order valence-corrected chi connectivity index (χ1v) is 6.09. The lowest BCUT2D eigenvalue weighted by atomic mass is 10.1. The third-order valence-electron chi connectivity index (χ3n) is 2.84. The van der Waals surface area contributed by atoms with Gasteiger partial charge in [0, 0.05) is 11.3 Å². The molecule has 0 fully saturated rings. The highest BCUT2D eigenvalue weighted by molar-refractivity contribution is 6.04. The SMILES string of the molecule is O=C(O)c1ccc(C(=O)Nc2cccc(C(F)(F)F)c2)cc1. The van der Waals surface area contributed by atoms with Crippen molar-refractivity contribution in [3.63, 3.8) is 0 Å². The van der Waals surface area contributed by atoms with Gasteiger partial charge in [-0.3, -0.25) is 4.79 Å². The van der Waals surface area contributed by atoms with Crippen molar-refractivity contribution in [2.75, 3.05) is 5.32 Å². The molecule has 0 aliphatic heterocycles. The summed E-state index contributed by atoms with van der Waals surface area (Å²) in [6.45, 7) is 0. The number of amides is 1. The Kier molecular flexibility index (Phi) is 4.16. The van der Waals surface area contributed by atoms with Crippen LogP contribution in [0.2, 0.25) is 0 Å². The first kappa shape index (κ1) is 15.6. The van der Waals surface area contributed by atoms with Crippen molar-refractivity contribution in [1.29, 1.82) is 0 Å². The van der Waals surface area contributed by atoms with Gasteiger partial charge in [-0.1, -0.05) is 6.07 Å². The van der Waals surface area contributed by atoms with Gasteiger partial charge in [0.25, 0.3) is 5.91 Å². The van der Waals surface area contributed by atoms with Crippen molar-refractivity contribution in [3.8, 4) is 0 Å². The highest BCUT2D eigenvalue weighted by atomic mass is 19.4. The highest BCUT2D eigenvalue weighted by Crippen LogP contribution is 2.30. The van der Waals surface area contributed by atoms with Crippen LogP contribution in [-0.4, -0.2) is 17.0 Å². The highest BCUT2D eigenvalue weighted by Gasteiger charge is 2.30. The van der Waals surface area contributed by atoms with Crippen molar-refractivity contribution >= 4 is 17.6 Å². The van der Waals surface area contributed by atoms with Gasteiger partial charge in [0.1, 0.15) is 0 Å². The Morgan fingerprint density at radius 3 is 2.09 bits per heavy atom. The lowest BCUT2D eigenvalue weighted by molar-refractivity contribution is -0.137. The minimum absolute atomic E-state index is 0.00198. The van der Waals surface area contributed by atoms with Gasteiger partial charge in [-0.15, -0.1) is 0 Å². The predicted octanol–water partition coefficient (Wildman–Crippen LogP) is 3.66. The molecule has 0 atom stereocenters. The molecular formula is C15H10F3NO3. The maximum absolute atomic E-state index is 12.6. The third kappa shape index (κ3) is 3.63. The van der Waals surface area contributed by atoms with E-state index in [1.165, 1.54) is 36.4 Å². The maximum atomic E-state index is 12.6. The van der Waals surface area contributed by atoms with E-state index in [1.807, 2.05) is 0 Å². The minimum Gasteiger partial charge on any atom is -0.478 e. The lowest BCUT2D eigenvalue weighted by Gasteiger charge is -2.10. The number of rotatable bonds is 3. The van der Waals surface area contributed by atoms with Crippen LogP contribution < -0.4 is 5.32 Å². The molecule has 1 amide bonds. The Morgan fingerprint density at radius 2 is 1.55 bits per heavy atom. The number of carboxylic acids is 1. The number of carboxylic acid groups (broad SMARTS) is 1. The second-order valence-corrected chi connectivity index (χ2v) is 4.42. The molecule has 0 aliphatic carbocycles. The van der Waals surface area contributed by atoms with Crippen LogP contribution in [0.4, 0.5) is 18.9 Å². The summed E-state index contributed by atoms with van der Waals surface area (Å²) in [5, 5.41) is 11.1. The Balaban J connectivity index is 2.17. The molecule has 4 nitrogen and oxygen atoms in total. The number of halogens is 3. The number of hydrogen-bond donors (Lipinski definition) is 2. The number of carbonyl (C=O) groups excluding carboxylic acids is 1. The van der Waals surface area contributed by atoms with Gasteiger partial charge in [-0.05, 0) is 42.5 Å². The average molecular weight is 309 g/mol. The van der Waals surface area contributed by atoms with Gasteiger partial charge in [0.2, 0.25) is 0 Å². The van der Waals surface area contributed by atoms with Crippen LogP contribution in [0, 0.1) is 0 Å². The summed E-state index contributed by atoms with van der Waals surface area (Å²) in [5.74, 6) is -1.76. The summed E-state index contributed by atoms with van der Waals surface area (Å²) in [6, 6.07) is 9.29. The van der Waals surface area contributed by atoms with Crippen molar-refractivity contribution in [2.24, 2.45) is 0 Å². The minimum atomic E-state index is -4.50. The van der Waals surface area contributed by atoms with Gasteiger partial charge in [0.15, 0.2) is 0 Å². The Morgan fingerprint density at radius 1 is 0.955 bits per heavy atom. The quantitative estimate of drug-likeness (QED) is 0.909. The zero-order valence-corrected chi connectivity index (χ0v) is 11.0. The first-order chi connectivity index (χ1) is 10.3. The Hall–Kier alpha value is -2.83. The molecule has 2 rings (SSSR count). The van der Waals surface area contributed by atoms with E-state index in [-0.39, 0.29) is 16.8 Å². The van der Waals surface area contributed by atoms with Crippen LogP contribution in [-0.2, 0) is 6.18 Å². The molecule has 0 aliphatic rings. The summed E-state index contributed by atoms with van der Waals surface area (Å²) < 4.78 is 37.7. The van der Waals surface area contributed by atoms with Crippen molar-refractivity contribution in [1.82, 2.24) is 0 Å². The standard InChI is InChI=1S/C15H10F3NO3/c16-15(17,18)11-2-1-3-12(8-11)19-13(20)9-4-6-10(7-5-9)14(21)22/h1-8H,(H,19,20)(H,21,22). The van der Waals surface area contributed by atoms with Gasteiger partial charge >= 0.3 is 12.1 Å². The predicted molar refractivity (Wildman–Crippen MR) is 72.8 cm³/mol. The molecule has 0 saturated heterocycles. The van der Waals surface area contributed by atoms with Crippen molar-refractivity contribution < 1.29 is 27.9 Å². The van der Waals surface area contributed by atoms with Crippen LogP contribution in [0.3, 0.4) is 0 Å². The van der Waals surface area contributed by atoms with Crippen LogP contribution in [0.25, 0.3) is 0 Å². The first-order valence-electron chi connectivity index (χ1n) is 6.09. The van der Waals surface area contributed by atoms with E-state index in [9.17, 15) is 22.8 Å². The van der Waals surface area contributed by atoms with Crippen LogP contribution >= 0.6 is 0 Å². The second-order valence-electron chi connectivity index (χ2n) is 4.42. The molecule has 2 aromatic rings. The van der Waals surface area contributed by atoms with Gasteiger partial charge in [0.05, 0.1) is 11.1 Å². The number of carbonyl (C=O) groups is 2. The molecule has 2 aromatic carbocycles. The molecular weight excluding hydrogens is 299 g/mol. The molecule has 2 N–H and O–H groups in total. The fraction of sp³-hybridized carbons (Fsp3) is 0.0667. The van der Waals surface area contributed by atoms with Crippen LogP contribution in [0.5, 0.6) is 0 Å². The molecule has 0 bridgehead atoms. The fourth-order valence-electron chi connectivity index (χ4n) is 1.74. The number of hydrogen-bond acceptors (Lipinski definition) is 2. The summed E-state index contributed by atoms with van der Waals surface area (Å²) in [7, 11) is 0. The number of nitrogens with one attached hydrogen (secondary N) is 1. The van der Waals surface area contributed by atoms with Crippen LogP contribution in [0.1, 0.15) is 26.3 Å². The molecule has 0 aromatic heterocycles. The zero-order valence-electron chi connectivity index (χ0n) is 11.0. The molecule has 114 valence electrons. The molecule has 0 unspecified atom stereocenters. The molecule has 7 heteroatoms. The monoisotopic (exact) mass is 309 g/mol. The normalized spacial score (nSPS) is 11.0. The molecule has 0 saturated carbocycles. The molecule has 0 heterocycles. The lowest BCUT2D eigenvalue weighted by Crippen LogP contribution is -2.13. The van der Waals surface area contributed by atoms with E-state index in [4.69, 9.17) is 5.11 Å². The van der Waals surface area contributed by atoms with E-state index < -0.39 is 23.6 Å². The van der Waals surface area contributed by atoms with E-state index >= 15 is 0 Å². The zero-order chi connectivity index (χ0) is 16.3. The van der Waals surface area contributed by atoms with Gasteiger partial charge in [-0.25, -0.2) is 4.79 Å². The second kappa shape index (κ2) is 5.88. The summed E-state index contributed by atoms with van der Waals surface area (Å²) in [4.78, 5) is 22.6. The number of anilines is 1. The number of aromatic carboxylic acids is 1. The van der Waals surface area contributed by atoms with Gasteiger partial charge in [-0.2, -0.15) is 13.2 Å². The number of benzene rings is 2. The molecule has 22 heavy (non-hydrogen) atoms. The van der Waals surface area contributed by atoms with E-state index in [0.29, 0.717) is 0 Å². The van der Waals surface area contributed by atoms with Crippen molar-refractivity contribution in [3.05, 3.63) is 65.2 Å². The van der Waals surface area contributed by atoms with Crippen molar-refractivity contribution in [2.45, 2.75) is 6.18 Å². The fourth-order valence-corrected chi connectivity index (χ4v) is 1.74. The average Bonchev–Trinajstić information content (AvgIpc) is 2.46. The summed E-state index contributed by atoms with van der Waals surface area (Å²) >= 11 is 0. The van der Waals surface area contributed by atoms with E-state index in [2.05, 4.69) is 5.32 Å². The smallest absolute Gasteiger partial charge is 0.416 e. The molecule has 0 radical (unpaired) electrons. The summed E-state index contributed by atoms with van der Waals surface area (Å²) in [6.07, 6.45) is -4.50. The van der Waals surface area contributed by atoms with E-state index in [1.54, 1.807) is 0 Å². The maximum Gasteiger partial charge on any atom is 0.416 e. The van der Waals surface area contributed by atoms with Gasteiger partial charge < -0.3 is 10.4 Å². The third-order valence-corrected chi connectivity index (χ3v) is 2.84. The Bertz CT molecular complexity index is 709. The largest absolute Gasteiger partial charge is 0.478 e. The Labute approximate surface area is 123 Å². The summed E-state index contributed by atoms with van der Waals surface area (Å²) in [5.41, 5.74) is -0.716. The van der Waals surface area contributed by atoms with E-state index in [0.717, 1.165) is 12.1 Å². The topological polar surface area (TPSA) is 66.4 Å². The molecule has 0 spiro atoms. The number of alkyl halides is 3.